The van der Waals surface area contributed by atoms with Crippen molar-refractivity contribution in [1.29, 1.82) is 0 Å². The molecule has 0 radical (unpaired) electrons. The van der Waals surface area contributed by atoms with Crippen LogP contribution in [0.15, 0.2) is 109 Å². The highest BCUT2D eigenvalue weighted by atomic mass is 79.9. The Balaban J connectivity index is 0.00000294. The van der Waals surface area contributed by atoms with Crippen molar-refractivity contribution in [2.24, 2.45) is 0 Å². The van der Waals surface area contributed by atoms with Crippen molar-refractivity contribution in [3.63, 3.8) is 0 Å². The lowest BCUT2D eigenvalue weighted by Gasteiger charge is -2.08. The number of carbonyl (C=O) groups excluding carboxylic acids is 1. The molecule has 1 heterocycles. The van der Waals surface area contributed by atoms with Gasteiger partial charge in [-0.15, -0.1) is 0 Å². The first kappa shape index (κ1) is 25.7. The third-order valence-corrected chi connectivity index (χ3v) is 7.18. The fourth-order valence-corrected chi connectivity index (χ4v) is 5.32. The maximum Gasteiger partial charge on any atom is 0.306 e. The molecule has 190 valence electrons. The second-order valence-electron chi connectivity index (χ2n) is 9.52. The number of fused-ring (bicyclic) bond motifs is 3. The van der Waals surface area contributed by atoms with E-state index in [1.54, 1.807) is 0 Å². The van der Waals surface area contributed by atoms with E-state index in [1.165, 1.54) is 39.8 Å². The number of ether oxygens (including phenoxy) is 1. The first-order valence-electron chi connectivity index (χ1n) is 12.7. The zero-order chi connectivity index (χ0) is 25.2. The van der Waals surface area contributed by atoms with Crippen LogP contribution in [0.5, 0.6) is 0 Å². The molecule has 0 amide bonds. The Kier molecular flexibility index (Phi) is 7.57. The van der Waals surface area contributed by atoms with E-state index < -0.39 is 0 Å². The number of hydrogen-bond donors (Lipinski definition) is 0. The van der Waals surface area contributed by atoms with Crippen LogP contribution < -0.4 is 21.5 Å². The second-order valence-corrected chi connectivity index (χ2v) is 9.52. The molecule has 0 aliphatic rings. The van der Waals surface area contributed by atoms with Gasteiger partial charge in [-0.3, -0.25) is 4.79 Å². The van der Waals surface area contributed by atoms with Gasteiger partial charge in [-0.2, -0.15) is 0 Å². The summed E-state index contributed by atoms with van der Waals surface area (Å²) in [4.78, 5) is 12.2. The highest BCUT2D eigenvalue weighted by Crippen LogP contribution is 2.22. The standard InChI is InChI=1S/C33H29N2O2.BrH/c1-37-33(36)19-18-32-34(22-24-14-16-26-8-2-4-10-28(26)20-24)30-12-6-7-13-31(30)35(32)23-25-15-17-27-9-3-5-11-29(27)21-25;/h2-17,20-21H,18-19,22-23H2,1H3;1H/q+1;/p-1. The third kappa shape index (κ3) is 5.07. The average molecular weight is 566 g/mol. The van der Waals surface area contributed by atoms with E-state index in [0.717, 1.165) is 29.9 Å². The molecule has 0 spiro atoms. The average Bonchev–Trinajstić information content (AvgIpc) is 3.23. The van der Waals surface area contributed by atoms with Gasteiger partial charge in [0, 0.05) is 0 Å². The zero-order valence-corrected chi connectivity index (χ0v) is 22.9. The van der Waals surface area contributed by atoms with Gasteiger partial charge in [0.15, 0.2) is 11.0 Å². The number of aromatic nitrogens is 2. The third-order valence-electron chi connectivity index (χ3n) is 7.18. The van der Waals surface area contributed by atoms with E-state index in [2.05, 4.69) is 118 Å². The summed E-state index contributed by atoms with van der Waals surface area (Å²) >= 11 is 0. The van der Waals surface area contributed by atoms with Crippen LogP contribution in [0.1, 0.15) is 23.4 Å². The topological polar surface area (TPSA) is 35.1 Å². The lowest BCUT2D eigenvalue weighted by atomic mass is 10.1. The summed E-state index contributed by atoms with van der Waals surface area (Å²) < 4.78 is 9.73. The minimum absolute atomic E-state index is 0. The highest BCUT2D eigenvalue weighted by Gasteiger charge is 2.26. The number of para-hydroxylation sites is 2. The Morgan fingerprint density at radius 2 is 1.32 bits per heavy atom. The summed E-state index contributed by atoms with van der Waals surface area (Å²) in [7, 11) is 1.45. The van der Waals surface area contributed by atoms with E-state index in [4.69, 9.17) is 4.74 Å². The van der Waals surface area contributed by atoms with Crippen LogP contribution in [0, 0.1) is 0 Å². The smallest absolute Gasteiger partial charge is 0.306 e. The molecule has 0 bridgehead atoms. The van der Waals surface area contributed by atoms with Gasteiger partial charge in [0.25, 0.3) is 5.82 Å². The van der Waals surface area contributed by atoms with Crippen LogP contribution >= 0.6 is 0 Å². The number of rotatable bonds is 7. The molecule has 6 aromatic rings. The highest BCUT2D eigenvalue weighted by molar-refractivity contribution is 5.84. The molecule has 1 aromatic heterocycles. The van der Waals surface area contributed by atoms with Gasteiger partial charge in [0.1, 0.15) is 13.1 Å². The van der Waals surface area contributed by atoms with Crippen molar-refractivity contribution in [3.8, 4) is 0 Å². The Labute approximate surface area is 232 Å². The van der Waals surface area contributed by atoms with E-state index in [-0.39, 0.29) is 23.0 Å². The van der Waals surface area contributed by atoms with Gasteiger partial charge in [-0.1, -0.05) is 84.9 Å². The lowest BCUT2D eigenvalue weighted by molar-refractivity contribution is -0.671. The van der Waals surface area contributed by atoms with Gasteiger partial charge in [0.05, 0.1) is 20.0 Å². The summed E-state index contributed by atoms with van der Waals surface area (Å²) in [5.41, 5.74) is 4.79. The first-order chi connectivity index (χ1) is 18.2. The Bertz CT molecular complexity index is 1640. The summed E-state index contributed by atoms with van der Waals surface area (Å²) in [5, 5.41) is 4.94. The maximum atomic E-state index is 12.2. The molecule has 0 saturated carbocycles. The molecule has 38 heavy (non-hydrogen) atoms. The molecule has 0 atom stereocenters. The lowest BCUT2D eigenvalue weighted by Crippen LogP contribution is -3.00. The van der Waals surface area contributed by atoms with Crippen LogP contribution in [0.4, 0.5) is 0 Å². The molecule has 4 nitrogen and oxygen atoms in total. The number of nitrogens with zero attached hydrogens (tertiary/aromatic N) is 2. The van der Waals surface area contributed by atoms with Crippen LogP contribution in [0.3, 0.4) is 0 Å². The second kappa shape index (κ2) is 11.2. The predicted octanol–water partition coefficient (Wildman–Crippen LogP) is 3.44. The number of benzene rings is 5. The van der Waals surface area contributed by atoms with Crippen molar-refractivity contribution in [1.82, 2.24) is 4.57 Å². The molecule has 0 unspecified atom stereocenters. The van der Waals surface area contributed by atoms with Gasteiger partial charge < -0.3 is 21.7 Å². The van der Waals surface area contributed by atoms with Gasteiger partial charge >= 0.3 is 5.97 Å². The number of esters is 1. The molecule has 5 heteroatoms. The monoisotopic (exact) mass is 564 g/mol. The molecule has 0 N–H and O–H groups in total. The minimum atomic E-state index is -0.195. The Hall–Kier alpha value is -3.96. The van der Waals surface area contributed by atoms with Crippen LogP contribution in [-0.2, 0) is 29.0 Å². The van der Waals surface area contributed by atoms with Crippen molar-refractivity contribution >= 4 is 38.5 Å². The van der Waals surface area contributed by atoms with E-state index in [0.29, 0.717) is 12.8 Å². The summed E-state index contributed by atoms with van der Waals surface area (Å²) in [6.45, 7) is 1.46. The fourth-order valence-electron chi connectivity index (χ4n) is 5.32. The largest absolute Gasteiger partial charge is 1.00 e. The molecular weight excluding hydrogens is 536 g/mol. The quantitative estimate of drug-likeness (QED) is 0.220. The Morgan fingerprint density at radius 1 is 0.737 bits per heavy atom. The van der Waals surface area contributed by atoms with E-state index in [9.17, 15) is 4.79 Å². The number of halogens is 1. The van der Waals surface area contributed by atoms with E-state index >= 15 is 0 Å². The normalized spacial score (nSPS) is 11.1. The molecule has 5 aromatic carbocycles. The summed E-state index contributed by atoms with van der Waals surface area (Å²) in [5.74, 6) is 0.924. The van der Waals surface area contributed by atoms with Crippen LogP contribution in [0.2, 0.25) is 0 Å². The minimum Gasteiger partial charge on any atom is -1.00 e. The molecule has 0 saturated heterocycles. The molecular formula is C33H29BrN2O2. The summed E-state index contributed by atoms with van der Waals surface area (Å²) in [6.07, 6.45) is 0.935. The maximum absolute atomic E-state index is 12.2. The van der Waals surface area contributed by atoms with E-state index in [1.807, 2.05) is 0 Å². The van der Waals surface area contributed by atoms with Crippen molar-refractivity contribution < 1.29 is 31.1 Å². The van der Waals surface area contributed by atoms with Crippen LogP contribution in [-0.4, -0.2) is 17.6 Å². The van der Waals surface area contributed by atoms with Crippen molar-refractivity contribution in [3.05, 3.63) is 126 Å². The molecule has 6 rings (SSSR count). The number of methoxy groups -OCH3 is 1. The SMILES string of the molecule is COC(=O)CCc1n(Cc2ccc3ccccc3c2)c2ccccc2[n+]1Cc1ccc2ccccc2c1.[Br-]. The molecule has 0 fully saturated rings. The van der Waals surface area contributed by atoms with Crippen molar-refractivity contribution in [2.45, 2.75) is 25.9 Å². The fraction of sp³-hybridized carbons (Fsp3) is 0.152. The number of imidazole rings is 1. The number of hydrogen-bond acceptors (Lipinski definition) is 2. The van der Waals surface area contributed by atoms with Gasteiger partial charge in [-0.25, -0.2) is 9.13 Å². The van der Waals surface area contributed by atoms with Gasteiger partial charge in [-0.05, 0) is 56.9 Å². The molecule has 0 aliphatic heterocycles. The van der Waals surface area contributed by atoms with Gasteiger partial charge in [0.2, 0.25) is 0 Å². The summed E-state index contributed by atoms with van der Waals surface area (Å²) in [6, 6.07) is 38.7. The van der Waals surface area contributed by atoms with Crippen molar-refractivity contribution in [2.75, 3.05) is 7.11 Å². The van der Waals surface area contributed by atoms with Crippen LogP contribution in [0.25, 0.3) is 32.6 Å². The Morgan fingerprint density at radius 3 is 2.00 bits per heavy atom. The zero-order valence-electron chi connectivity index (χ0n) is 21.3. The number of carbonyl (C=O) groups is 1. The first-order valence-corrected chi connectivity index (χ1v) is 12.7. The predicted molar refractivity (Wildman–Crippen MR) is 149 cm³/mol. The molecule has 0 aliphatic carbocycles.